The number of carbonyl (C=O) groups is 1. The summed E-state index contributed by atoms with van der Waals surface area (Å²) in [5.41, 5.74) is 0.344. The van der Waals surface area contributed by atoms with E-state index in [9.17, 15) is 4.79 Å². The zero-order valence-electron chi connectivity index (χ0n) is 11.2. The third-order valence-electron chi connectivity index (χ3n) is 2.89. The summed E-state index contributed by atoms with van der Waals surface area (Å²) >= 11 is 0. The zero-order valence-corrected chi connectivity index (χ0v) is 11.2. The number of hydrogen-bond acceptors (Lipinski definition) is 5. The van der Waals surface area contributed by atoms with E-state index in [4.69, 9.17) is 9.26 Å². The Morgan fingerprint density at radius 3 is 2.72 bits per heavy atom. The molecular formula is C13H20N2O3. The van der Waals surface area contributed by atoms with Crippen molar-refractivity contribution < 1.29 is 14.1 Å². The van der Waals surface area contributed by atoms with Crippen LogP contribution in [-0.4, -0.2) is 29.8 Å². The summed E-state index contributed by atoms with van der Waals surface area (Å²) in [6, 6.07) is 1.71. The quantitative estimate of drug-likeness (QED) is 0.816. The highest BCUT2D eigenvalue weighted by molar-refractivity contribution is 5.86. The molecule has 0 aliphatic carbocycles. The lowest BCUT2D eigenvalue weighted by atomic mass is 9.95. The molecule has 1 aliphatic heterocycles. The topological polar surface area (TPSA) is 64.4 Å². The summed E-state index contributed by atoms with van der Waals surface area (Å²) in [7, 11) is 0. The number of esters is 1. The van der Waals surface area contributed by atoms with Crippen LogP contribution in [-0.2, 0) is 4.74 Å². The first-order valence-corrected chi connectivity index (χ1v) is 6.36. The minimum absolute atomic E-state index is 0.193. The molecule has 1 fully saturated rings. The first-order chi connectivity index (χ1) is 8.46. The highest BCUT2D eigenvalue weighted by atomic mass is 16.6. The molecule has 0 spiro atoms. The van der Waals surface area contributed by atoms with Gasteiger partial charge in [-0.3, -0.25) is 0 Å². The smallest absolute Gasteiger partial charge is 0.377 e. The Bertz CT molecular complexity index is 414. The van der Waals surface area contributed by atoms with E-state index in [0.29, 0.717) is 5.92 Å². The molecule has 5 nitrogen and oxygen atoms in total. The fourth-order valence-corrected chi connectivity index (χ4v) is 2.02. The van der Waals surface area contributed by atoms with Crippen LogP contribution in [0.3, 0.4) is 0 Å². The van der Waals surface area contributed by atoms with Gasteiger partial charge in [-0.05, 0) is 46.7 Å². The van der Waals surface area contributed by atoms with Crippen molar-refractivity contribution in [2.24, 2.45) is 0 Å². The van der Waals surface area contributed by atoms with E-state index in [-0.39, 0.29) is 5.76 Å². The average Bonchev–Trinajstić information content (AvgIpc) is 2.77. The van der Waals surface area contributed by atoms with Gasteiger partial charge in [0.25, 0.3) is 0 Å². The molecule has 0 bridgehead atoms. The molecular weight excluding hydrogens is 232 g/mol. The SMILES string of the molecule is CC(C)(C)OC(=O)c1cc(C2CCNCC2)no1. The highest BCUT2D eigenvalue weighted by Crippen LogP contribution is 2.25. The fourth-order valence-electron chi connectivity index (χ4n) is 2.02. The molecule has 0 amide bonds. The molecule has 18 heavy (non-hydrogen) atoms. The van der Waals surface area contributed by atoms with E-state index < -0.39 is 11.6 Å². The normalized spacial score (nSPS) is 17.7. The molecule has 1 saturated heterocycles. The summed E-state index contributed by atoms with van der Waals surface area (Å²) in [6.45, 7) is 7.46. The molecule has 2 heterocycles. The van der Waals surface area contributed by atoms with Crippen LogP contribution in [0.25, 0.3) is 0 Å². The molecule has 1 aromatic heterocycles. The maximum absolute atomic E-state index is 11.8. The summed E-state index contributed by atoms with van der Waals surface area (Å²) in [5, 5.41) is 7.28. The lowest BCUT2D eigenvalue weighted by molar-refractivity contribution is 0.00276. The van der Waals surface area contributed by atoms with Gasteiger partial charge in [-0.25, -0.2) is 4.79 Å². The van der Waals surface area contributed by atoms with E-state index in [1.165, 1.54) is 0 Å². The number of rotatable bonds is 2. The Morgan fingerprint density at radius 2 is 2.11 bits per heavy atom. The first-order valence-electron chi connectivity index (χ1n) is 6.36. The van der Waals surface area contributed by atoms with Gasteiger partial charge in [0, 0.05) is 12.0 Å². The number of nitrogens with one attached hydrogen (secondary N) is 1. The second-order valence-electron chi connectivity index (χ2n) is 5.64. The van der Waals surface area contributed by atoms with Crippen LogP contribution in [0.2, 0.25) is 0 Å². The van der Waals surface area contributed by atoms with Gasteiger partial charge in [-0.1, -0.05) is 5.16 Å². The van der Waals surface area contributed by atoms with Crippen molar-refractivity contribution >= 4 is 5.97 Å². The molecule has 2 rings (SSSR count). The van der Waals surface area contributed by atoms with Crippen LogP contribution in [0.15, 0.2) is 10.6 Å². The molecule has 0 radical (unpaired) electrons. The van der Waals surface area contributed by atoms with Gasteiger partial charge in [-0.15, -0.1) is 0 Å². The second-order valence-corrected chi connectivity index (χ2v) is 5.64. The van der Waals surface area contributed by atoms with Crippen molar-refractivity contribution in [3.63, 3.8) is 0 Å². The predicted octanol–water partition coefficient (Wildman–Crippen LogP) is 2.10. The number of piperidine rings is 1. The van der Waals surface area contributed by atoms with E-state index in [2.05, 4.69) is 10.5 Å². The van der Waals surface area contributed by atoms with Crippen LogP contribution in [0, 0.1) is 0 Å². The molecule has 0 atom stereocenters. The predicted molar refractivity (Wildman–Crippen MR) is 66.5 cm³/mol. The number of ether oxygens (including phenoxy) is 1. The molecule has 0 unspecified atom stereocenters. The Balaban J connectivity index is 2.03. The summed E-state index contributed by atoms with van der Waals surface area (Å²) in [4.78, 5) is 11.8. The third-order valence-corrected chi connectivity index (χ3v) is 2.89. The van der Waals surface area contributed by atoms with Crippen molar-refractivity contribution in [1.82, 2.24) is 10.5 Å². The second kappa shape index (κ2) is 5.10. The van der Waals surface area contributed by atoms with Gasteiger partial charge < -0.3 is 14.6 Å². The Labute approximate surface area is 107 Å². The van der Waals surface area contributed by atoms with E-state index in [0.717, 1.165) is 31.6 Å². The molecule has 5 heteroatoms. The van der Waals surface area contributed by atoms with Crippen LogP contribution >= 0.6 is 0 Å². The summed E-state index contributed by atoms with van der Waals surface area (Å²) in [6.07, 6.45) is 2.06. The Kier molecular flexibility index (Phi) is 3.71. The van der Waals surface area contributed by atoms with Crippen LogP contribution in [0.1, 0.15) is 55.8 Å². The van der Waals surface area contributed by atoms with E-state index in [1.807, 2.05) is 20.8 Å². The van der Waals surface area contributed by atoms with Gasteiger partial charge in [0.2, 0.25) is 5.76 Å². The van der Waals surface area contributed by atoms with Crippen molar-refractivity contribution in [1.29, 1.82) is 0 Å². The molecule has 1 aromatic rings. The van der Waals surface area contributed by atoms with Gasteiger partial charge in [-0.2, -0.15) is 0 Å². The fraction of sp³-hybridized carbons (Fsp3) is 0.692. The van der Waals surface area contributed by atoms with Crippen molar-refractivity contribution in [3.8, 4) is 0 Å². The number of aromatic nitrogens is 1. The van der Waals surface area contributed by atoms with Crippen LogP contribution < -0.4 is 5.32 Å². The van der Waals surface area contributed by atoms with Crippen molar-refractivity contribution in [2.45, 2.75) is 45.1 Å². The molecule has 1 N–H and O–H groups in total. The Hall–Kier alpha value is -1.36. The maximum atomic E-state index is 11.8. The molecule has 1 aliphatic rings. The average molecular weight is 252 g/mol. The maximum Gasteiger partial charge on any atom is 0.377 e. The molecule has 0 saturated carbocycles. The van der Waals surface area contributed by atoms with Gasteiger partial charge in [0.1, 0.15) is 5.60 Å². The van der Waals surface area contributed by atoms with Gasteiger partial charge >= 0.3 is 5.97 Å². The standard InChI is InChI=1S/C13H20N2O3/c1-13(2,3)17-12(16)11-8-10(15-18-11)9-4-6-14-7-5-9/h8-9,14H,4-7H2,1-3H3. The van der Waals surface area contributed by atoms with Gasteiger partial charge in [0.15, 0.2) is 0 Å². The van der Waals surface area contributed by atoms with Crippen LogP contribution in [0.4, 0.5) is 0 Å². The van der Waals surface area contributed by atoms with Gasteiger partial charge in [0.05, 0.1) is 5.69 Å². The number of hydrogen-bond donors (Lipinski definition) is 1. The minimum atomic E-state index is -0.515. The van der Waals surface area contributed by atoms with E-state index >= 15 is 0 Å². The minimum Gasteiger partial charge on any atom is -0.454 e. The third kappa shape index (κ3) is 3.32. The van der Waals surface area contributed by atoms with Crippen LogP contribution in [0.5, 0.6) is 0 Å². The van der Waals surface area contributed by atoms with E-state index in [1.54, 1.807) is 6.07 Å². The highest BCUT2D eigenvalue weighted by Gasteiger charge is 2.24. The number of nitrogens with zero attached hydrogens (tertiary/aromatic N) is 1. The summed E-state index contributed by atoms with van der Waals surface area (Å²) < 4.78 is 10.3. The number of carbonyl (C=O) groups excluding carboxylic acids is 1. The van der Waals surface area contributed by atoms with Crippen molar-refractivity contribution in [2.75, 3.05) is 13.1 Å². The molecule has 100 valence electrons. The zero-order chi connectivity index (χ0) is 13.2. The Morgan fingerprint density at radius 1 is 1.44 bits per heavy atom. The van der Waals surface area contributed by atoms with Crippen molar-refractivity contribution in [3.05, 3.63) is 17.5 Å². The lowest BCUT2D eigenvalue weighted by Crippen LogP contribution is -2.26. The lowest BCUT2D eigenvalue weighted by Gasteiger charge is -2.20. The first kappa shape index (κ1) is 13.1. The largest absolute Gasteiger partial charge is 0.454 e. The molecule has 0 aromatic carbocycles. The monoisotopic (exact) mass is 252 g/mol. The summed E-state index contributed by atoms with van der Waals surface area (Å²) in [5.74, 6) is 0.125.